The molecule has 0 aromatic carbocycles. The summed E-state index contributed by atoms with van der Waals surface area (Å²) in [7, 11) is 2.00. The molecule has 1 spiro atoms. The van der Waals surface area contributed by atoms with E-state index in [9.17, 15) is 5.11 Å². The minimum Gasteiger partial charge on any atom is -0.389 e. The van der Waals surface area contributed by atoms with Gasteiger partial charge in [0.25, 0.3) is 0 Å². The SMILES string of the molecule is CO[C@@H]1C[C@H]2[C@@H]3CC[C@H]([C@H](C)[C@@H](O)/C=C(\C)C(C)C)[C@@]3(C)CC[C@@H]2[C@@]2(C)CC[C@H]3C[C@]312. The molecule has 11 atom stereocenters. The van der Waals surface area contributed by atoms with E-state index in [0.717, 1.165) is 23.7 Å². The zero-order chi connectivity index (χ0) is 22.3. The van der Waals surface area contributed by atoms with Crippen molar-refractivity contribution in [2.45, 2.75) is 105 Å². The predicted molar refractivity (Wildman–Crippen MR) is 128 cm³/mol. The van der Waals surface area contributed by atoms with Gasteiger partial charge in [-0.1, -0.05) is 46.3 Å². The van der Waals surface area contributed by atoms with Crippen LogP contribution in [0.2, 0.25) is 0 Å². The number of aliphatic hydroxyl groups excluding tert-OH is 1. The molecule has 2 nitrogen and oxygen atoms in total. The normalized spacial score (nSPS) is 52.9. The molecule has 0 saturated heterocycles. The van der Waals surface area contributed by atoms with Gasteiger partial charge < -0.3 is 9.84 Å². The molecule has 0 aromatic heterocycles. The van der Waals surface area contributed by atoms with Crippen molar-refractivity contribution in [1.82, 2.24) is 0 Å². The van der Waals surface area contributed by atoms with Crippen LogP contribution in [-0.4, -0.2) is 24.4 Å². The Balaban J connectivity index is 1.40. The maximum atomic E-state index is 11.1. The van der Waals surface area contributed by atoms with E-state index >= 15 is 0 Å². The Kier molecular flexibility index (Phi) is 5.31. The number of rotatable bonds is 5. The molecule has 5 aliphatic rings. The Labute approximate surface area is 191 Å². The first-order chi connectivity index (χ1) is 14.6. The van der Waals surface area contributed by atoms with Crippen LogP contribution in [-0.2, 0) is 4.74 Å². The fraction of sp³-hybridized carbons (Fsp3) is 0.931. The second-order valence-electron chi connectivity index (χ2n) is 13.4. The van der Waals surface area contributed by atoms with E-state index in [2.05, 4.69) is 47.6 Å². The van der Waals surface area contributed by atoms with Crippen molar-refractivity contribution >= 4 is 0 Å². The summed E-state index contributed by atoms with van der Waals surface area (Å²) in [4.78, 5) is 0. The number of hydrogen-bond acceptors (Lipinski definition) is 2. The van der Waals surface area contributed by atoms with Gasteiger partial charge in [0, 0.05) is 12.5 Å². The number of allylic oxidation sites excluding steroid dienone is 1. The molecule has 0 amide bonds. The molecule has 0 radical (unpaired) electrons. The first-order valence-electron chi connectivity index (χ1n) is 13.5. The van der Waals surface area contributed by atoms with Gasteiger partial charge in [0.15, 0.2) is 0 Å². The molecular weight excluding hydrogens is 380 g/mol. The maximum Gasteiger partial charge on any atom is 0.0751 e. The zero-order valence-corrected chi connectivity index (χ0v) is 21.3. The fourth-order valence-electron chi connectivity index (χ4n) is 10.3. The lowest BCUT2D eigenvalue weighted by Crippen LogP contribution is -2.57. The van der Waals surface area contributed by atoms with Crippen LogP contribution in [0.3, 0.4) is 0 Å². The quantitative estimate of drug-likeness (QED) is 0.484. The van der Waals surface area contributed by atoms with Crippen molar-refractivity contribution in [3.63, 3.8) is 0 Å². The summed E-state index contributed by atoms with van der Waals surface area (Å²) in [5.41, 5.74) is 2.76. The highest BCUT2D eigenvalue weighted by molar-refractivity contribution is 5.26. The van der Waals surface area contributed by atoms with Crippen LogP contribution in [0.4, 0.5) is 0 Å². The van der Waals surface area contributed by atoms with Crippen molar-refractivity contribution in [3.05, 3.63) is 11.6 Å². The van der Waals surface area contributed by atoms with Gasteiger partial charge in [0.1, 0.15) is 0 Å². The highest BCUT2D eigenvalue weighted by atomic mass is 16.5. The lowest BCUT2D eigenvalue weighted by molar-refractivity contribution is -0.162. The minimum absolute atomic E-state index is 0.304. The van der Waals surface area contributed by atoms with Crippen molar-refractivity contribution in [2.24, 2.45) is 57.7 Å². The van der Waals surface area contributed by atoms with E-state index in [4.69, 9.17) is 4.74 Å². The second kappa shape index (κ2) is 7.33. The number of aliphatic hydroxyl groups is 1. The van der Waals surface area contributed by atoms with Crippen LogP contribution >= 0.6 is 0 Å². The van der Waals surface area contributed by atoms with Gasteiger partial charge in [-0.15, -0.1) is 0 Å². The highest BCUT2D eigenvalue weighted by Crippen LogP contribution is 2.82. The third-order valence-corrected chi connectivity index (χ3v) is 12.4. The first kappa shape index (κ1) is 22.5. The molecule has 0 heterocycles. The molecule has 0 bridgehead atoms. The molecule has 5 saturated carbocycles. The largest absolute Gasteiger partial charge is 0.389 e. The molecule has 5 rings (SSSR count). The molecule has 5 aliphatic carbocycles. The van der Waals surface area contributed by atoms with E-state index in [1.165, 1.54) is 56.9 Å². The topological polar surface area (TPSA) is 29.5 Å². The molecule has 2 heteroatoms. The van der Waals surface area contributed by atoms with E-state index in [1.54, 1.807) is 0 Å². The first-order valence-corrected chi connectivity index (χ1v) is 13.5. The van der Waals surface area contributed by atoms with Gasteiger partial charge in [-0.25, -0.2) is 0 Å². The van der Waals surface area contributed by atoms with Gasteiger partial charge in [-0.3, -0.25) is 0 Å². The summed E-state index contributed by atoms with van der Waals surface area (Å²) in [6.07, 6.45) is 13.5. The number of fused-ring (bicyclic) bond motifs is 4. The van der Waals surface area contributed by atoms with Gasteiger partial charge in [-0.2, -0.15) is 0 Å². The number of hydrogen-bond donors (Lipinski definition) is 1. The second-order valence-corrected chi connectivity index (χ2v) is 13.4. The Hall–Kier alpha value is -0.340. The summed E-state index contributed by atoms with van der Waals surface area (Å²) in [5.74, 6) is 5.04. The predicted octanol–water partition coefficient (Wildman–Crippen LogP) is 6.87. The van der Waals surface area contributed by atoms with Gasteiger partial charge in [0.05, 0.1) is 12.2 Å². The van der Waals surface area contributed by atoms with Crippen LogP contribution in [0.25, 0.3) is 0 Å². The lowest BCUT2D eigenvalue weighted by atomic mass is 9.45. The monoisotopic (exact) mass is 428 g/mol. The molecule has 176 valence electrons. The van der Waals surface area contributed by atoms with Gasteiger partial charge >= 0.3 is 0 Å². The summed E-state index contributed by atoms with van der Waals surface area (Å²) >= 11 is 0. The molecule has 0 unspecified atom stereocenters. The maximum absolute atomic E-state index is 11.1. The lowest BCUT2D eigenvalue weighted by Gasteiger charge is -2.61. The smallest absolute Gasteiger partial charge is 0.0751 e. The van der Waals surface area contributed by atoms with Crippen LogP contribution in [0.5, 0.6) is 0 Å². The molecule has 31 heavy (non-hydrogen) atoms. The van der Waals surface area contributed by atoms with Crippen LogP contribution in [0, 0.1) is 57.7 Å². The molecule has 0 aromatic rings. The van der Waals surface area contributed by atoms with Crippen LogP contribution < -0.4 is 0 Å². The number of methoxy groups -OCH3 is 1. The molecule has 0 aliphatic heterocycles. The molecule has 1 N–H and O–H groups in total. The summed E-state index contributed by atoms with van der Waals surface area (Å²) in [6.45, 7) is 14.3. The van der Waals surface area contributed by atoms with Crippen LogP contribution in [0.15, 0.2) is 11.6 Å². The van der Waals surface area contributed by atoms with Crippen molar-refractivity contribution in [1.29, 1.82) is 0 Å². The molecular formula is C29H48O2. The number of ether oxygens (including phenoxy) is 1. The summed E-state index contributed by atoms with van der Waals surface area (Å²) < 4.78 is 6.28. The van der Waals surface area contributed by atoms with E-state index < -0.39 is 0 Å². The summed E-state index contributed by atoms with van der Waals surface area (Å²) in [6, 6.07) is 0. The van der Waals surface area contributed by atoms with E-state index in [-0.39, 0.29) is 6.10 Å². The Morgan fingerprint density at radius 3 is 2.42 bits per heavy atom. The highest BCUT2D eigenvalue weighted by Gasteiger charge is 2.77. The minimum atomic E-state index is -0.304. The van der Waals surface area contributed by atoms with Crippen molar-refractivity contribution in [3.8, 4) is 0 Å². The average molecular weight is 429 g/mol. The Morgan fingerprint density at radius 1 is 1.03 bits per heavy atom. The molecule has 5 fully saturated rings. The third-order valence-electron chi connectivity index (χ3n) is 12.4. The van der Waals surface area contributed by atoms with Gasteiger partial charge in [-0.05, 0) is 111 Å². The van der Waals surface area contributed by atoms with Gasteiger partial charge in [0.2, 0.25) is 0 Å². The standard InChI is InChI=1S/C29H48O2/c1-17(2)18(3)14-25(30)19(4)22-8-9-23-21-15-26(31-7)29-16-20(29)10-13-28(29,6)24(21)11-12-27(22,23)5/h14,17,19-26,30H,8-13,15-16H2,1-7H3/b18-14+/t19-,20-,21-,22+,23-,24-,25-,26+,27+,28+,29-/m0/s1. The third kappa shape index (κ3) is 2.89. The van der Waals surface area contributed by atoms with Crippen molar-refractivity contribution < 1.29 is 9.84 Å². The average Bonchev–Trinajstić information content (AvgIpc) is 3.24. The fourth-order valence-corrected chi connectivity index (χ4v) is 10.3. The summed E-state index contributed by atoms with van der Waals surface area (Å²) in [5, 5.41) is 11.1. The Bertz CT molecular complexity index is 741. The van der Waals surface area contributed by atoms with Crippen LogP contribution in [0.1, 0.15) is 92.9 Å². The van der Waals surface area contributed by atoms with E-state index in [0.29, 0.717) is 40.1 Å². The Morgan fingerprint density at radius 2 is 1.77 bits per heavy atom. The zero-order valence-electron chi connectivity index (χ0n) is 21.3. The van der Waals surface area contributed by atoms with E-state index in [1.807, 2.05) is 7.11 Å². The van der Waals surface area contributed by atoms with Crippen molar-refractivity contribution in [2.75, 3.05) is 7.11 Å².